The van der Waals surface area contributed by atoms with Crippen molar-refractivity contribution in [3.63, 3.8) is 0 Å². The molecule has 0 spiro atoms. The van der Waals surface area contributed by atoms with Gasteiger partial charge in [0.25, 0.3) is 0 Å². The molecular formula is C18H11ClF2N4O. The SMILES string of the molecule is Nc1nc(-c2cc(F)cc(F)c2)c(-c2ccc(O)c(Cl)c2)n2ccnc12. The molecule has 0 aliphatic carbocycles. The Hall–Kier alpha value is -3.19. The lowest BCUT2D eigenvalue weighted by atomic mass is 10.0. The summed E-state index contributed by atoms with van der Waals surface area (Å²) in [6.07, 6.45) is 3.19. The highest BCUT2D eigenvalue weighted by Gasteiger charge is 2.18. The van der Waals surface area contributed by atoms with Crippen molar-refractivity contribution in [2.75, 3.05) is 5.73 Å². The molecule has 0 fully saturated rings. The number of halogens is 3. The first-order chi connectivity index (χ1) is 12.4. The van der Waals surface area contributed by atoms with E-state index in [1.54, 1.807) is 16.7 Å². The van der Waals surface area contributed by atoms with Gasteiger partial charge in [0.1, 0.15) is 17.4 Å². The number of aromatic hydroxyl groups is 1. The second-order valence-corrected chi connectivity index (χ2v) is 6.05. The number of anilines is 1. The van der Waals surface area contributed by atoms with Crippen molar-refractivity contribution in [3.8, 4) is 28.3 Å². The maximum atomic E-state index is 13.7. The fourth-order valence-electron chi connectivity index (χ4n) is 2.83. The van der Waals surface area contributed by atoms with E-state index in [1.807, 2.05) is 0 Å². The molecule has 26 heavy (non-hydrogen) atoms. The van der Waals surface area contributed by atoms with Crippen LogP contribution in [0.5, 0.6) is 5.75 Å². The van der Waals surface area contributed by atoms with E-state index in [9.17, 15) is 13.9 Å². The van der Waals surface area contributed by atoms with Crippen LogP contribution in [0.15, 0.2) is 48.8 Å². The lowest BCUT2D eigenvalue weighted by Crippen LogP contribution is -2.04. The molecular weight excluding hydrogens is 362 g/mol. The molecule has 4 aromatic rings. The van der Waals surface area contributed by atoms with E-state index in [0.29, 0.717) is 16.9 Å². The largest absolute Gasteiger partial charge is 0.506 e. The van der Waals surface area contributed by atoms with Gasteiger partial charge < -0.3 is 10.8 Å². The highest BCUT2D eigenvalue weighted by Crippen LogP contribution is 2.36. The number of imidazole rings is 1. The van der Waals surface area contributed by atoms with Crippen molar-refractivity contribution in [1.29, 1.82) is 0 Å². The Balaban J connectivity index is 2.10. The molecule has 2 aromatic carbocycles. The zero-order valence-electron chi connectivity index (χ0n) is 13.1. The molecule has 0 aliphatic heterocycles. The minimum absolute atomic E-state index is 0.0842. The van der Waals surface area contributed by atoms with Crippen LogP contribution in [0.25, 0.3) is 28.2 Å². The molecule has 4 rings (SSSR count). The number of nitrogens with zero attached hydrogens (tertiary/aromatic N) is 3. The van der Waals surface area contributed by atoms with Crippen LogP contribution in [-0.2, 0) is 0 Å². The second-order valence-electron chi connectivity index (χ2n) is 5.64. The summed E-state index contributed by atoms with van der Waals surface area (Å²) in [5.41, 5.74) is 7.89. The van der Waals surface area contributed by atoms with Gasteiger partial charge >= 0.3 is 0 Å². The zero-order valence-corrected chi connectivity index (χ0v) is 13.9. The molecule has 2 heterocycles. The van der Waals surface area contributed by atoms with Crippen molar-refractivity contribution < 1.29 is 13.9 Å². The highest BCUT2D eigenvalue weighted by molar-refractivity contribution is 6.32. The topological polar surface area (TPSA) is 76.4 Å². The van der Waals surface area contributed by atoms with E-state index in [4.69, 9.17) is 17.3 Å². The third-order valence-electron chi connectivity index (χ3n) is 3.92. The van der Waals surface area contributed by atoms with Gasteiger partial charge in [-0.05, 0) is 30.3 Å². The Bertz CT molecular complexity index is 1140. The van der Waals surface area contributed by atoms with Gasteiger partial charge in [-0.25, -0.2) is 18.7 Å². The Kier molecular flexibility index (Phi) is 3.73. The standard InChI is InChI=1S/C18H11ClF2N4O/c19-13-7-9(1-2-14(13)26)16-15(10-5-11(20)8-12(21)6-10)24-17(22)18-23-3-4-25(16)18/h1-8,26H,(H2,22,24). The molecule has 2 aromatic heterocycles. The molecule has 5 nitrogen and oxygen atoms in total. The Morgan fingerprint density at radius 2 is 1.77 bits per heavy atom. The smallest absolute Gasteiger partial charge is 0.180 e. The average Bonchev–Trinajstić information content (AvgIpc) is 3.07. The van der Waals surface area contributed by atoms with Gasteiger partial charge in [-0.2, -0.15) is 0 Å². The van der Waals surface area contributed by atoms with Crippen molar-refractivity contribution in [2.24, 2.45) is 0 Å². The van der Waals surface area contributed by atoms with Crippen molar-refractivity contribution in [2.45, 2.75) is 0 Å². The van der Waals surface area contributed by atoms with Crippen molar-refractivity contribution >= 4 is 23.1 Å². The number of aromatic nitrogens is 3. The van der Waals surface area contributed by atoms with Gasteiger partial charge in [0.05, 0.1) is 16.4 Å². The molecule has 0 saturated heterocycles. The fourth-order valence-corrected chi connectivity index (χ4v) is 3.01. The summed E-state index contributed by atoms with van der Waals surface area (Å²) >= 11 is 6.03. The summed E-state index contributed by atoms with van der Waals surface area (Å²) in [4.78, 5) is 8.47. The fraction of sp³-hybridized carbons (Fsp3) is 0. The molecule has 130 valence electrons. The Morgan fingerprint density at radius 3 is 2.46 bits per heavy atom. The summed E-state index contributed by atoms with van der Waals surface area (Å²) in [6.45, 7) is 0. The lowest BCUT2D eigenvalue weighted by Gasteiger charge is -2.14. The van der Waals surface area contributed by atoms with E-state index >= 15 is 0 Å². The first-order valence-corrected chi connectivity index (χ1v) is 7.90. The minimum Gasteiger partial charge on any atom is -0.506 e. The molecule has 0 radical (unpaired) electrons. The van der Waals surface area contributed by atoms with E-state index in [1.165, 1.54) is 30.5 Å². The van der Waals surface area contributed by atoms with Gasteiger partial charge in [-0.3, -0.25) is 4.40 Å². The predicted molar refractivity (Wildman–Crippen MR) is 94.9 cm³/mol. The van der Waals surface area contributed by atoms with E-state index in [0.717, 1.165) is 6.07 Å². The van der Waals surface area contributed by atoms with Gasteiger partial charge in [-0.1, -0.05) is 11.6 Å². The molecule has 3 N–H and O–H groups in total. The highest BCUT2D eigenvalue weighted by atomic mass is 35.5. The molecule has 0 atom stereocenters. The van der Waals surface area contributed by atoms with Crippen LogP contribution < -0.4 is 5.73 Å². The van der Waals surface area contributed by atoms with Gasteiger partial charge in [0, 0.05) is 29.6 Å². The predicted octanol–water partition coefficient (Wildman–Crippen LogP) is 4.28. The number of rotatable bonds is 2. The third kappa shape index (κ3) is 2.62. The van der Waals surface area contributed by atoms with Crippen LogP contribution in [0.4, 0.5) is 14.6 Å². The van der Waals surface area contributed by atoms with Gasteiger partial charge in [0.15, 0.2) is 11.5 Å². The molecule has 0 aliphatic rings. The number of nitrogens with two attached hydrogens (primary N) is 1. The van der Waals surface area contributed by atoms with E-state index in [-0.39, 0.29) is 27.8 Å². The number of fused-ring (bicyclic) bond motifs is 1. The van der Waals surface area contributed by atoms with Crippen LogP contribution >= 0.6 is 11.6 Å². The minimum atomic E-state index is -0.735. The molecule has 0 saturated carbocycles. The number of phenolic OH excluding ortho intramolecular Hbond substituents is 1. The monoisotopic (exact) mass is 372 g/mol. The maximum Gasteiger partial charge on any atom is 0.180 e. The van der Waals surface area contributed by atoms with Crippen LogP contribution in [-0.4, -0.2) is 19.5 Å². The summed E-state index contributed by atoms with van der Waals surface area (Å²) in [7, 11) is 0. The van der Waals surface area contributed by atoms with E-state index < -0.39 is 11.6 Å². The normalized spacial score (nSPS) is 11.2. The first kappa shape index (κ1) is 16.3. The first-order valence-electron chi connectivity index (χ1n) is 7.52. The van der Waals surface area contributed by atoms with Crippen LogP contribution in [0, 0.1) is 11.6 Å². The van der Waals surface area contributed by atoms with Crippen molar-refractivity contribution in [1.82, 2.24) is 14.4 Å². The summed E-state index contributed by atoms with van der Waals surface area (Å²) < 4.78 is 29.1. The molecule has 0 amide bonds. The Labute approximate surface area is 151 Å². The summed E-state index contributed by atoms with van der Waals surface area (Å²) in [6, 6.07) is 7.68. The Morgan fingerprint density at radius 1 is 1.04 bits per heavy atom. The van der Waals surface area contributed by atoms with Crippen LogP contribution in [0.3, 0.4) is 0 Å². The summed E-state index contributed by atoms with van der Waals surface area (Å²) in [5.74, 6) is -1.44. The number of hydrogen-bond donors (Lipinski definition) is 2. The number of nitrogen functional groups attached to an aromatic ring is 1. The average molecular weight is 373 g/mol. The number of hydrogen-bond acceptors (Lipinski definition) is 4. The number of benzene rings is 2. The zero-order chi connectivity index (χ0) is 18.4. The second kappa shape index (κ2) is 5.96. The summed E-state index contributed by atoms with van der Waals surface area (Å²) in [5, 5.41) is 9.81. The van der Waals surface area contributed by atoms with Gasteiger partial charge in [0.2, 0.25) is 0 Å². The molecule has 8 heteroatoms. The molecule has 0 unspecified atom stereocenters. The maximum absolute atomic E-state index is 13.7. The lowest BCUT2D eigenvalue weighted by molar-refractivity contribution is 0.475. The molecule has 0 bridgehead atoms. The third-order valence-corrected chi connectivity index (χ3v) is 4.23. The quantitative estimate of drug-likeness (QED) is 0.550. The van der Waals surface area contributed by atoms with E-state index in [2.05, 4.69) is 9.97 Å². The van der Waals surface area contributed by atoms with Gasteiger partial charge in [-0.15, -0.1) is 0 Å². The van der Waals surface area contributed by atoms with Crippen LogP contribution in [0.1, 0.15) is 0 Å². The van der Waals surface area contributed by atoms with Crippen LogP contribution in [0.2, 0.25) is 5.02 Å². The van der Waals surface area contributed by atoms with Crippen molar-refractivity contribution in [3.05, 3.63) is 65.4 Å². The number of phenols is 1.